The molecule has 31 heavy (non-hydrogen) atoms. The highest BCUT2D eigenvalue weighted by atomic mass is 16.6. The molecule has 0 unspecified atom stereocenters. The molecular weight excluding hydrogens is 402 g/mol. The lowest BCUT2D eigenvalue weighted by Crippen LogP contribution is -2.17. The van der Waals surface area contributed by atoms with Crippen LogP contribution in [0.3, 0.4) is 0 Å². The Bertz CT molecular complexity index is 1090. The third-order valence-electron chi connectivity index (χ3n) is 4.24. The van der Waals surface area contributed by atoms with Crippen molar-refractivity contribution in [2.24, 2.45) is 5.10 Å². The Balaban J connectivity index is 1.64. The number of carbonyl (C=O) groups is 1. The summed E-state index contributed by atoms with van der Waals surface area (Å²) in [6.07, 6.45) is 2.26. The van der Waals surface area contributed by atoms with Gasteiger partial charge in [-0.3, -0.25) is 14.9 Å². The summed E-state index contributed by atoms with van der Waals surface area (Å²) < 4.78 is 16.4. The molecule has 0 aliphatic rings. The molecule has 9 heteroatoms. The van der Waals surface area contributed by atoms with Gasteiger partial charge in [0.1, 0.15) is 23.0 Å². The van der Waals surface area contributed by atoms with E-state index in [9.17, 15) is 14.9 Å². The van der Waals surface area contributed by atoms with Gasteiger partial charge in [0.05, 0.1) is 36.5 Å². The second-order valence-corrected chi connectivity index (χ2v) is 6.42. The standard InChI is InChI=1S/C22H21N3O6/c1-3-12-30-17-7-4-15(5-8-17)22(26)24-23-14-18-9-11-20(31-18)19-10-6-16(25(27)28)13-21(19)29-2/h4-11,13-14H,3,12H2,1-2H3,(H,24,26)/b23-14+. The van der Waals surface area contributed by atoms with Crippen LogP contribution >= 0.6 is 0 Å². The van der Waals surface area contributed by atoms with Crippen LogP contribution in [0, 0.1) is 10.1 Å². The number of nitrogens with zero attached hydrogens (tertiary/aromatic N) is 2. The van der Waals surface area contributed by atoms with Crippen molar-refractivity contribution < 1.29 is 23.6 Å². The maximum absolute atomic E-state index is 12.2. The second-order valence-electron chi connectivity index (χ2n) is 6.42. The van der Waals surface area contributed by atoms with Gasteiger partial charge in [-0.05, 0) is 48.9 Å². The lowest BCUT2D eigenvalue weighted by molar-refractivity contribution is -0.384. The molecule has 1 heterocycles. The molecule has 9 nitrogen and oxygen atoms in total. The van der Waals surface area contributed by atoms with Crippen LogP contribution in [0.15, 0.2) is 64.1 Å². The van der Waals surface area contributed by atoms with Gasteiger partial charge in [0.25, 0.3) is 11.6 Å². The van der Waals surface area contributed by atoms with Gasteiger partial charge in [0.2, 0.25) is 0 Å². The van der Waals surface area contributed by atoms with E-state index in [2.05, 4.69) is 10.5 Å². The van der Waals surface area contributed by atoms with Crippen LogP contribution in [0.5, 0.6) is 11.5 Å². The van der Waals surface area contributed by atoms with Crippen LogP contribution in [-0.2, 0) is 0 Å². The van der Waals surface area contributed by atoms with E-state index in [0.717, 1.165) is 6.42 Å². The quantitative estimate of drug-likeness (QED) is 0.309. The molecule has 3 aromatic rings. The molecule has 0 radical (unpaired) electrons. The van der Waals surface area contributed by atoms with Crippen LogP contribution in [0.1, 0.15) is 29.5 Å². The van der Waals surface area contributed by atoms with E-state index in [1.54, 1.807) is 42.5 Å². The van der Waals surface area contributed by atoms with Crippen LogP contribution in [0.4, 0.5) is 5.69 Å². The Morgan fingerprint density at radius 1 is 1.19 bits per heavy atom. The van der Waals surface area contributed by atoms with Gasteiger partial charge in [-0.2, -0.15) is 5.10 Å². The fourth-order valence-corrected chi connectivity index (χ4v) is 2.71. The molecule has 0 saturated carbocycles. The van der Waals surface area contributed by atoms with Crippen molar-refractivity contribution in [3.8, 4) is 22.8 Å². The van der Waals surface area contributed by atoms with Crippen molar-refractivity contribution >= 4 is 17.8 Å². The van der Waals surface area contributed by atoms with Gasteiger partial charge in [0.15, 0.2) is 0 Å². The van der Waals surface area contributed by atoms with Crippen LogP contribution in [-0.4, -0.2) is 30.8 Å². The molecule has 0 aliphatic carbocycles. The summed E-state index contributed by atoms with van der Waals surface area (Å²) in [5, 5.41) is 14.8. The normalized spacial score (nSPS) is 10.8. The number of hydrogen-bond donors (Lipinski definition) is 1. The molecule has 0 saturated heterocycles. The molecule has 1 aromatic heterocycles. The summed E-state index contributed by atoms with van der Waals surface area (Å²) in [7, 11) is 1.42. The Morgan fingerprint density at radius 2 is 1.97 bits per heavy atom. The summed E-state index contributed by atoms with van der Waals surface area (Å²) >= 11 is 0. The molecule has 1 N–H and O–H groups in total. The van der Waals surface area contributed by atoms with E-state index in [1.165, 1.54) is 25.5 Å². The molecule has 3 rings (SSSR count). The fourth-order valence-electron chi connectivity index (χ4n) is 2.71. The first-order valence-corrected chi connectivity index (χ1v) is 9.50. The predicted molar refractivity (Wildman–Crippen MR) is 115 cm³/mol. The largest absolute Gasteiger partial charge is 0.496 e. The van der Waals surface area contributed by atoms with Crippen LogP contribution in [0.25, 0.3) is 11.3 Å². The van der Waals surface area contributed by atoms with Crippen molar-refractivity contribution in [1.29, 1.82) is 0 Å². The summed E-state index contributed by atoms with van der Waals surface area (Å²) in [5.41, 5.74) is 3.35. The van der Waals surface area contributed by atoms with Crippen LogP contribution in [0.2, 0.25) is 0 Å². The molecule has 0 spiro atoms. The van der Waals surface area contributed by atoms with E-state index in [1.807, 2.05) is 6.92 Å². The van der Waals surface area contributed by atoms with E-state index in [-0.39, 0.29) is 11.6 Å². The van der Waals surface area contributed by atoms with E-state index < -0.39 is 4.92 Å². The second kappa shape index (κ2) is 10.1. The number of amides is 1. The zero-order valence-electron chi connectivity index (χ0n) is 17.0. The van der Waals surface area contributed by atoms with E-state index >= 15 is 0 Å². The number of ether oxygens (including phenoxy) is 2. The number of nitrogens with one attached hydrogen (secondary N) is 1. The van der Waals surface area contributed by atoms with Gasteiger partial charge < -0.3 is 13.9 Å². The van der Waals surface area contributed by atoms with Gasteiger partial charge in [0, 0.05) is 11.6 Å². The average molecular weight is 423 g/mol. The zero-order valence-corrected chi connectivity index (χ0v) is 17.0. The van der Waals surface area contributed by atoms with Crippen molar-refractivity contribution in [1.82, 2.24) is 5.43 Å². The minimum atomic E-state index is -0.499. The summed E-state index contributed by atoms with van der Waals surface area (Å²) in [5.74, 6) is 1.47. The fraction of sp³-hybridized carbons (Fsp3) is 0.182. The number of furan rings is 1. The molecular formula is C22H21N3O6. The zero-order chi connectivity index (χ0) is 22.2. The number of rotatable bonds is 9. The van der Waals surface area contributed by atoms with Crippen molar-refractivity contribution in [3.63, 3.8) is 0 Å². The number of hydrogen-bond acceptors (Lipinski definition) is 7. The lowest BCUT2D eigenvalue weighted by Gasteiger charge is -2.05. The lowest BCUT2D eigenvalue weighted by atomic mass is 10.1. The van der Waals surface area contributed by atoms with Crippen molar-refractivity contribution in [2.75, 3.05) is 13.7 Å². The number of nitro benzene ring substituents is 1. The molecule has 0 bridgehead atoms. The first-order chi connectivity index (χ1) is 15.0. The minimum Gasteiger partial charge on any atom is -0.496 e. The number of methoxy groups -OCH3 is 1. The number of nitro groups is 1. The Hall–Kier alpha value is -4.14. The highest BCUT2D eigenvalue weighted by molar-refractivity contribution is 5.94. The summed E-state index contributed by atoms with van der Waals surface area (Å²) in [6.45, 7) is 2.64. The predicted octanol–water partition coefficient (Wildman–Crippen LogP) is 4.42. The first-order valence-electron chi connectivity index (χ1n) is 9.50. The third-order valence-corrected chi connectivity index (χ3v) is 4.24. The molecule has 0 aliphatic heterocycles. The molecule has 160 valence electrons. The van der Waals surface area contributed by atoms with Gasteiger partial charge in [-0.25, -0.2) is 5.43 Å². The highest BCUT2D eigenvalue weighted by Crippen LogP contribution is 2.34. The average Bonchev–Trinajstić information content (AvgIpc) is 3.26. The summed E-state index contributed by atoms with van der Waals surface area (Å²) in [4.78, 5) is 22.6. The Labute approximate surface area is 178 Å². The molecule has 0 fully saturated rings. The number of benzene rings is 2. The first kappa shape index (κ1) is 21.6. The number of carbonyl (C=O) groups excluding carboxylic acids is 1. The maximum atomic E-state index is 12.2. The minimum absolute atomic E-state index is 0.0818. The van der Waals surface area contributed by atoms with E-state index in [4.69, 9.17) is 13.9 Å². The number of hydrazone groups is 1. The summed E-state index contributed by atoms with van der Waals surface area (Å²) in [6, 6.07) is 14.3. The smallest absolute Gasteiger partial charge is 0.273 e. The van der Waals surface area contributed by atoms with Crippen LogP contribution < -0.4 is 14.9 Å². The maximum Gasteiger partial charge on any atom is 0.273 e. The van der Waals surface area contributed by atoms with Gasteiger partial charge in [-0.15, -0.1) is 0 Å². The van der Waals surface area contributed by atoms with Crippen molar-refractivity contribution in [3.05, 3.63) is 76.0 Å². The highest BCUT2D eigenvalue weighted by Gasteiger charge is 2.15. The topological polar surface area (TPSA) is 116 Å². The van der Waals surface area contributed by atoms with Gasteiger partial charge in [-0.1, -0.05) is 6.92 Å². The molecule has 1 amide bonds. The molecule has 0 atom stereocenters. The number of non-ortho nitro benzene ring substituents is 1. The Morgan fingerprint density at radius 3 is 2.65 bits per heavy atom. The third kappa shape index (κ3) is 5.47. The van der Waals surface area contributed by atoms with Gasteiger partial charge >= 0.3 is 0 Å². The van der Waals surface area contributed by atoms with Crippen molar-refractivity contribution in [2.45, 2.75) is 13.3 Å². The Kier molecular flexibility index (Phi) is 7.00. The van der Waals surface area contributed by atoms with E-state index in [0.29, 0.717) is 40.8 Å². The SMILES string of the molecule is CCCOc1ccc(C(=O)N/N=C/c2ccc(-c3ccc([N+](=O)[O-])cc3OC)o2)cc1. The monoisotopic (exact) mass is 423 g/mol. The molecule has 2 aromatic carbocycles.